The summed E-state index contributed by atoms with van der Waals surface area (Å²) < 4.78 is 13.5. The largest absolute Gasteiger partial charge is 0.392 e. The third kappa shape index (κ3) is 2.94. The van der Waals surface area contributed by atoms with Crippen molar-refractivity contribution in [3.8, 4) is 0 Å². The second-order valence-electron chi connectivity index (χ2n) is 4.27. The number of aliphatic hydroxyl groups is 1. The lowest BCUT2D eigenvalue weighted by Gasteiger charge is -2.30. The Morgan fingerprint density at radius 1 is 1.50 bits per heavy atom. The maximum Gasteiger partial charge on any atom is 0.129 e. The van der Waals surface area contributed by atoms with E-state index in [4.69, 9.17) is 11.6 Å². The molecule has 0 saturated carbocycles. The molecule has 0 aromatic heterocycles. The van der Waals surface area contributed by atoms with Crippen molar-refractivity contribution in [3.05, 3.63) is 34.6 Å². The summed E-state index contributed by atoms with van der Waals surface area (Å²) >= 11 is 5.69. The number of hydrogen-bond acceptors (Lipinski definition) is 2. The molecule has 0 radical (unpaired) electrons. The van der Waals surface area contributed by atoms with Gasteiger partial charge in [-0.3, -0.25) is 4.90 Å². The zero-order valence-electron chi connectivity index (χ0n) is 9.00. The van der Waals surface area contributed by atoms with Crippen LogP contribution in [0.1, 0.15) is 18.4 Å². The molecule has 16 heavy (non-hydrogen) atoms. The monoisotopic (exact) mass is 243 g/mol. The van der Waals surface area contributed by atoms with Gasteiger partial charge in [0.25, 0.3) is 0 Å². The van der Waals surface area contributed by atoms with Crippen molar-refractivity contribution in [2.75, 3.05) is 13.1 Å². The van der Waals surface area contributed by atoms with Crippen molar-refractivity contribution in [1.82, 2.24) is 4.90 Å². The number of β-amino-alcohol motifs (C(OH)–C–C–N with tert-alkyl or cyclic N) is 1. The molecule has 0 unspecified atom stereocenters. The van der Waals surface area contributed by atoms with Gasteiger partial charge in [0.2, 0.25) is 0 Å². The van der Waals surface area contributed by atoms with E-state index >= 15 is 0 Å². The van der Waals surface area contributed by atoms with Crippen LogP contribution in [0.5, 0.6) is 0 Å². The smallest absolute Gasteiger partial charge is 0.129 e. The van der Waals surface area contributed by atoms with E-state index in [1.165, 1.54) is 6.07 Å². The Morgan fingerprint density at radius 3 is 3.00 bits per heavy atom. The number of nitrogens with zero attached hydrogens (tertiary/aromatic N) is 1. The molecule has 0 aliphatic carbocycles. The lowest BCUT2D eigenvalue weighted by atomic mass is 10.1. The summed E-state index contributed by atoms with van der Waals surface area (Å²) in [6, 6.07) is 4.73. The fourth-order valence-electron chi connectivity index (χ4n) is 2.07. The van der Waals surface area contributed by atoms with Gasteiger partial charge in [0.15, 0.2) is 0 Å². The predicted molar refractivity (Wildman–Crippen MR) is 61.9 cm³/mol. The standard InChI is InChI=1S/C12H15ClFNO/c13-10-4-3-9(12(14)6-10)7-15-5-1-2-11(16)8-15/h3-4,6,11,16H,1-2,5,7-8H2/t11-/m0/s1. The minimum atomic E-state index is -0.274. The van der Waals surface area contributed by atoms with E-state index in [2.05, 4.69) is 4.90 Å². The van der Waals surface area contributed by atoms with E-state index in [0.717, 1.165) is 19.4 Å². The Kier molecular flexibility index (Phi) is 3.79. The van der Waals surface area contributed by atoms with Crippen LogP contribution in [0.3, 0.4) is 0 Å². The number of hydrogen-bond donors (Lipinski definition) is 1. The first-order valence-corrected chi connectivity index (χ1v) is 5.87. The molecule has 0 bridgehead atoms. The summed E-state index contributed by atoms with van der Waals surface area (Å²) in [5, 5.41) is 9.93. The summed E-state index contributed by atoms with van der Waals surface area (Å²) in [5.74, 6) is -0.271. The van der Waals surface area contributed by atoms with Crippen LogP contribution >= 0.6 is 11.6 Å². The molecule has 1 aromatic rings. The quantitative estimate of drug-likeness (QED) is 0.863. The molecule has 2 nitrogen and oxygen atoms in total. The van der Waals surface area contributed by atoms with E-state index in [9.17, 15) is 9.50 Å². The van der Waals surface area contributed by atoms with Crippen molar-refractivity contribution >= 4 is 11.6 Å². The van der Waals surface area contributed by atoms with Crippen LogP contribution in [0.25, 0.3) is 0 Å². The first kappa shape index (κ1) is 11.8. The first-order chi connectivity index (χ1) is 7.65. The molecule has 1 saturated heterocycles. The van der Waals surface area contributed by atoms with Gasteiger partial charge in [-0.2, -0.15) is 0 Å². The second-order valence-corrected chi connectivity index (χ2v) is 4.70. The third-order valence-corrected chi connectivity index (χ3v) is 3.12. The van der Waals surface area contributed by atoms with Crippen LogP contribution in [-0.4, -0.2) is 29.2 Å². The van der Waals surface area contributed by atoms with Crippen LogP contribution < -0.4 is 0 Å². The molecule has 1 N–H and O–H groups in total. The molecule has 2 rings (SSSR count). The molecule has 88 valence electrons. The van der Waals surface area contributed by atoms with Crippen molar-refractivity contribution in [2.45, 2.75) is 25.5 Å². The fraction of sp³-hybridized carbons (Fsp3) is 0.500. The summed E-state index contributed by atoms with van der Waals surface area (Å²) in [6.07, 6.45) is 1.54. The van der Waals surface area contributed by atoms with Gasteiger partial charge in [-0.15, -0.1) is 0 Å². The Labute approximate surface area is 99.6 Å². The molecule has 1 fully saturated rings. The summed E-state index contributed by atoms with van der Waals surface area (Å²) in [7, 11) is 0. The fourth-order valence-corrected chi connectivity index (χ4v) is 2.22. The highest BCUT2D eigenvalue weighted by Gasteiger charge is 2.18. The summed E-state index contributed by atoms with van der Waals surface area (Å²) in [6.45, 7) is 2.08. The molecule has 0 amide bonds. The van der Waals surface area contributed by atoms with E-state index < -0.39 is 0 Å². The van der Waals surface area contributed by atoms with Crippen LogP contribution in [0.4, 0.5) is 4.39 Å². The Balaban J connectivity index is 2.02. The average Bonchev–Trinajstić information content (AvgIpc) is 2.22. The highest BCUT2D eigenvalue weighted by molar-refractivity contribution is 6.30. The van der Waals surface area contributed by atoms with E-state index in [1.807, 2.05) is 0 Å². The molecule has 1 aliphatic rings. The minimum Gasteiger partial charge on any atom is -0.392 e. The molecule has 1 aliphatic heterocycles. The van der Waals surface area contributed by atoms with E-state index in [-0.39, 0.29) is 11.9 Å². The molecular weight excluding hydrogens is 229 g/mol. The van der Waals surface area contributed by atoms with Crippen molar-refractivity contribution in [3.63, 3.8) is 0 Å². The topological polar surface area (TPSA) is 23.5 Å². The minimum absolute atomic E-state index is 0.271. The number of rotatable bonds is 2. The van der Waals surface area contributed by atoms with Crippen molar-refractivity contribution < 1.29 is 9.50 Å². The van der Waals surface area contributed by atoms with Crippen molar-refractivity contribution in [1.29, 1.82) is 0 Å². The normalized spacial score (nSPS) is 22.3. The van der Waals surface area contributed by atoms with Gasteiger partial charge in [0.1, 0.15) is 5.82 Å². The lowest BCUT2D eigenvalue weighted by Crippen LogP contribution is -2.37. The number of piperidine rings is 1. The van der Waals surface area contributed by atoms with Crippen LogP contribution in [-0.2, 0) is 6.54 Å². The van der Waals surface area contributed by atoms with Gasteiger partial charge in [-0.25, -0.2) is 4.39 Å². The van der Waals surface area contributed by atoms with Crippen LogP contribution in [0.2, 0.25) is 5.02 Å². The predicted octanol–water partition coefficient (Wildman–Crippen LogP) is 2.44. The number of aliphatic hydroxyl groups excluding tert-OH is 1. The first-order valence-electron chi connectivity index (χ1n) is 5.49. The molecule has 4 heteroatoms. The van der Waals surface area contributed by atoms with Crippen LogP contribution in [0.15, 0.2) is 18.2 Å². The van der Waals surface area contributed by atoms with Gasteiger partial charge >= 0.3 is 0 Å². The summed E-state index contributed by atoms with van der Waals surface area (Å²) in [5.41, 5.74) is 0.638. The number of benzene rings is 1. The van der Waals surface area contributed by atoms with Gasteiger partial charge < -0.3 is 5.11 Å². The SMILES string of the molecule is O[C@H]1CCCN(Cc2ccc(Cl)cc2F)C1. The number of halogens is 2. The van der Waals surface area contributed by atoms with Gasteiger partial charge in [0.05, 0.1) is 6.10 Å². The van der Waals surface area contributed by atoms with Gasteiger partial charge in [0, 0.05) is 23.7 Å². The molecule has 1 atom stereocenters. The lowest BCUT2D eigenvalue weighted by molar-refractivity contribution is 0.0663. The molecule has 0 spiro atoms. The van der Waals surface area contributed by atoms with Gasteiger partial charge in [-0.1, -0.05) is 17.7 Å². The van der Waals surface area contributed by atoms with E-state index in [0.29, 0.717) is 23.7 Å². The number of likely N-dealkylation sites (tertiary alicyclic amines) is 1. The Hall–Kier alpha value is -0.640. The van der Waals surface area contributed by atoms with E-state index in [1.54, 1.807) is 12.1 Å². The summed E-state index contributed by atoms with van der Waals surface area (Å²) in [4.78, 5) is 2.07. The Bertz CT molecular complexity index is 372. The van der Waals surface area contributed by atoms with Crippen molar-refractivity contribution in [2.24, 2.45) is 0 Å². The second kappa shape index (κ2) is 5.13. The maximum atomic E-state index is 13.5. The highest BCUT2D eigenvalue weighted by Crippen LogP contribution is 2.18. The molecular formula is C12H15ClFNO. The molecule has 1 heterocycles. The van der Waals surface area contributed by atoms with Crippen LogP contribution in [0, 0.1) is 5.82 Å². The van der Waals surface area contributed by atoms with Gasteiger partial charge in [-0.05, 0) is 31.5 Å². The third-order valence-electron chi connectivity index (χ3n) is 2.89. The highest BCUT2D eigenvalue weighted by atomic mass is 35.5. The maximum absolute atomic E-state index is 13.5. The zero-order chi connectivity index (χ0) is 11.5. The molecule has 1 aromatic carbocycles. The zero-order valence-corrected chi connectivity index (χ0v) is 9.75. The average molecular weight is 244 g/mol. The Morgan fingerprint density at radius 2 is 2.31 bits per heavy atom.